The van der Waals surface area contributed by atoms with E-state index in [2.05, 4.69) is 6.92 Å². The van der Waals surface area contributed by atoms with Gasteiger partial charge in [-0.3, -0.25) is 9.80 Å². The Morgan fingerprint density at radius 2 is 2.00 bits per heavy atom. The van der Waals surface area contributed by atoms with E-state index < -0.39 is 0 Å². The van der Waals surface area contributed by atoms with Crippen LogP contribution in [0.2, 0.25) is 0 Å². The summed E-state index contributed by atoms with van der Waals surface area (Å²) in [7, 11) is 3.73. The fourth-order valence-electron chi connectivity index (χ4n) is 0.667. The van der Waals surface area contributed by atoms with Crippen molar-refractivity contribution in [3.8, 4) is 0 Å². The summed E-state index contributed by atoms with van der Waals surface area (Å²) in [5.41, 5.74) is 0. The van der Waals surface area contributed by atoms with Gasteiger partial charge < -0.3 is 0 Å². The van der Waals surface area contributed by atoms with Crippen molar-refractivity contribution >= 4 is 6.41 Å². The maximum absolute atomic E-state index is 10.3. The third-order valence-electron chi connectivity index (χ3n) is 1.38. The molecule has 1 amide bonds. The monoisotopic (exact) mass is 144 g/mol. The van der Waals surface area contributed by atoms with Gasteiger partial charge in [0.05, 0.1) is 0 Å². The van der Waals surface area contributed by atoms with Crippen LogP contribution >= 0.6 is 0 Å². The van der Waals surface area contributed by atoms with Gasteiger partial charge in [0.1, 0.15) is 0 Å². The number of carbonyl (C=O) groups excluding carboxylic acids is 1. The number of carbonyl (C=O) groups is 1. The van der Waals surface area contributed by atoms with Crippen LogP contribution in [-0.4, -0.2) is 37.1 Å². The molecule has 0 radical (unpaired) electrons. The van der Waals surface area contributed by atoms with Gasteiger partial charge in [-0.1, -0.05) is 13.3 Å². The second-order valence-electron chi connectivity index (χ2n) is 2.47. The molecule has 0 spiro atoms. The van der Waals surface area contributed by atoms with Crippen molar-refractivity contribution < 1.29 is 4.79 Å². The van der Waals surface area contributed by atoms with Gasteiger partial charge in [0.15, 0.2) is 0 Å². The summed E-state index contributed by atoms with van der Waals surface area (Å²) in [5, 5.41) is 3.45. The zero-order valence-corrected chi connectivity index (χ0v) is 7.00. The molecule has 0 rings (SSSR count). The Bertz CT molecular complexity index is 93.6. The van der Waals surface area contributed by atoms with E-state index in [1.54, 1.807) is 10.0 Å². The zero-order chi connectivity index (χ0) is 7.98. The SMILES string of the molecule is CCCCN(C=O)N(C)C. The highest BCUT2D eigenvalue weighted by atomic mass is 16.1. The molecule has 0 atom stereocenters. The van der Waals surface area contributed by atoms with Crippen LogP contribution in [0.4, 0.5) is 0 Å². The molecule has 10 heavy (non-hydrogen) atoms. The maximum Gasteiger partial charge on any atom is 0.224 e. The second kappa shape index (κ2) is 5.23. The van der Waals surface area contributed by atoms with Gasteiger partial charge in [0.25, 0.3) is 0 Å². The van der Waals surface area contributed by atoms with Crippen molar-refractivity contribution in [1.82, 2.24) is 10.0 Å². The minimum Gasteiger partial charge on any atom is -0.279 e. The van der Waals surface area contributed by atoms with E-state index in [1.807, 2.05) is 14.1 Å². The first-order valence-corrected chi connectivity index (χ1v) is 3.61. The lowest BCUT2D eigenvalue weighted by molar-refractivity contribution is -0.130. The Morgan fingerprint density at radius 3 is 2.30 bits per heavy atom. The Hall–Kier alpha value is -0.570. The number of hydrogen-bond acceptors (Lipinski definition) is 2. The van der Waals surface area contributed by atoms with Crippen molar-refractivity contribution in [3.05, 3.63) is 0 Å². The molecule has 0 aromatic heterocycles. The molecule has 0 bridgehead atoms. The van der Waals surface area contributed by atoms with Crippen molar-refractivity contribution in [2.75, 3.05) is 20.6 Å². The molecule has 0 fully saturated rings. The molecule has 3 nitrogen and oxygen atoms in total. The van der Waals surface area contributed by atoms with E-state index in [0.717, 1.165) is 25.8 Å². The highest BCUT2D eigenvalue weighted by Gasteiger charge is 2.00. The molecular formula is C7H16N2O. The van der Waals surface area contributed by atoms with Crippen molar-refractivity contribution in [2.45, 2.75) is 19.8 Å². The number of nitrogens with zero attached hydrogens (tertiary/aromatic N) is 2. The third kappa shape index (κ3) is 3.45. The van der Waals surface area contributed by atoms with Gasteiger partial charge in [-0.2, -0.15) is 0 Å². The van der Waals surface area contributed by atoms with Crippen LogP contribution in [0.1, 0.15) is 19.8 Å². The van der Waals surface area contributed by atoms with E-state index in [9.17, 15) is 4.79 Å². The van der Waals surface area contributed by atoms with E-state index in [-0.39, 0.29) is 0 Å². The zero-order valence-electron chi connectivity index (χ0n) is 7.00. The Balaban J connectivity index is 3.50. The lowest BCUT2D eigenvalue weighted by Gasteiger charge is -2.23. The van der Waals surface area contributed by atoms with Gasteiger partial charge >= 0.3 is 0 Å². The van der Waals surface area contributed by atoms with Gasteiger partial charge in [-0.15, -0.1) is 0 Å². The first-order valence-electron chi connectivity index (χ1n) is 3.61. The average Bonchev–Trinajstić information content (AvgIpc) is 1.89. The first-order chi connectivity index (χ1) is 4.72. The van der Waals surface area contributed by atoms with Crippen molar-refractivity contribution in [1.29, 1.82) is 0 Å². The molecule has 0 aromatic rings. The molecule has 0 aromatic carbocycles. The summed E-state index contributed by atoms with van der Waals surface area (Å²) in [6.45, 7) is 2.94. The minimum atomic E-state index is 0.826. The normalized spacial score (nSPS) is 10.0. The van der Waals surface area contributed by atoms with Crippen LogP contribution in [0.15, 0.2) is 0 Å². The predicted molar refractivity (Wildman–Crippen MR) is 41.4 cm³/mol. The molecular weight excluding hydrogens is 128 g/mol. The quantitative estimate of drug-likeness (QED) is 0.419. The number of unbranched alkanes of at least 4 members (excludes halogenated alkanes) is 1. The fraction of sp³-hybridized carbons (Fsp3) is 0.857. The standard InChI is InChI=1S/C7H16N2O/c1-4-5-6-9(7-10)8(2)3/h7H,4-6H2,1-3H3. The number of amides is 1. The smallest absolute Gasteiger partial charge is 0.224 e. The molecule has 0 aliphatic carbocycles. The topological polar surface area (TPSA) is 23.6 Å². The van der Waals surface area contributed by atoms with Crippen LogP contribution in [0.5, 0.6) is 0 Å². The molecule has 0 aliphatic heterocycles. The van der Waals surface area contributed by atoms with E-state index in [1.165, 1.54) is 0 Å². The van der Waals surface area contributed by atoms with Crippen LogP contribution in [-0.2, 0) is 4.79 Å². The highest BCUT2D eigenvalue weighted by molar-refractivity contribution is 5.45. The second-order valence-corrected chi connectivity index (χ2v) is 2.47. The molecule has 0 unspecified atom stereocenters. The van der Waals surface area contributed by atoms with Gasteiger partial charge in [-0.05, 0) is 6.42 Å². The summed E-state index contributed by atoms with van der Waals surface area (Å²) in [6, 6.07) is 0. The van der Waals surface area contributed by atoms with Crippen LogP contribution in [0, 0.1) is 0 Å². The van der Waals surface area contributed by atoms with Crippen LogP contribution in [0.25, 0.3) is 0 Å². The van der Waals surface area contributed by atoms with E-state index >= 15 is 0 Å². The molecule has 0 aliphatic rings. The molecule has 3 heteroatoms. The molecule has 0 saturated heterocycles. The fourth-order valence-corrected chi connectivity index (χ4v) is 0.667. The Morgan fingerprint density at radius 1 is 1.40 bits per heavy atom. The summed E-state index contributed by atoms with van der Waals surface area (Å²) >= 11 is 0. The maximum atomic E-state index is 10.3. The lowest BCUT2D eigenvalue weighted by atomic mass is 10.3. The van der Waals surface area contributed by atoms with Crippen molar-refractivity contribution in [3.63, 3.8) is 0 Å². The third-order valence-corrected chi connectivity index (χ3v) is 1.38. The summed E-state index contributed by atoms with van der Waals surface area (Å²) < 4.78 is 0. The summed E-state index contributed by atoms with van der Waals surface area (Å²) in [5.74, 6) is 0. The van der Waals surface area contributed by atoms with Gasteiger partial charge in [0.2, 0.25) is 6.41 Å². The first kappa shape index (κ1) is 9.43. The van der Waals surface area contributed by atoms with Gasteiger partial charge in [-0.25, -0.2) is 5.01 Å². The number of rotatable bonds is 5. The predicted octanol–water partition coefficient (Wildman–Crippen LogP) is 0.722. The average molecular weight is 144 g/mol. The number of hydrogen-bond donors (Lipinski definition) is 0. The van der Waals surface area contributed by atoms with Crippen LogP contribution in [0.3, 0.4) is 0 Å². The van der Waals surface area contributed by atoms with Crippen LogP contribution < -0.4 is 0 Å². The summed E-state index contributed by atoms with van der Waals surface area (Å²) in [4.78, 5) is 10.3. The van der Waals surface area contributed by atoms with E-state index in [4.69, 9.17) is 0 Å². The highest BCUT2D eigenvalue weighted by Crippen LogP contribution is 1.92. The van der Waals surface area contributed by atoms with Crippen molar-refractivity contribution in [2.24, 2.45) is 0 Å². The van der Waals surface area contributed by atoms with Gasteiger partial charge in [0, 0.05) is 20.6 Å². The lowest BCUT2D eigenvalue weighted by Crippen LogP contribution is -2.36. The molecule has 0 heterocycles. The summed E-state index contributed by atoms with van der Waals surface area (Å²) in [6.07, 6.45) is 3.05. The molecule has 0 N–H and O–H groups in total. The molecule has 60 valence electrons. The largest absolute Gasteiger partial charge is 0.279 e. The molecule has 0 saturated carbocycles. The van der Waals surface area contributed by atoms with E-state index in [0.29, 0.717) is 0 Å². The minimum absolute atomic E-state index is 0.826. The Labute approximate surface area is 62.6 Å². The number of hydrazine groups is 1. The Kier molecular flexibility index (Phi) is 4.94.